The Morgan fingerprint density at radius 1 is 1.42 bits per heavy atom. The van der Waals surface area contributed by atoms with Crippen molar-refractivity contribution in [2.45, 2.75) is 64.6 Å². The Bertz CT molecular complexity index is 643. The number of nitrogens with zero attached hydrogens (tertiary/aromatic N) is 2. The molecule has 2 N–H and O–H groups in total. The lowest BCUT2D eigenvalue weighted by Crippen LogP contribution is -2.53. The smallest absolute Gasteiger partial charge is 0.223 e. The maximum absolute atomic E-state index is 12.7. The number of amides is 1. The Morgan fingerprint density at radius 3 is 2.92 bits per heavy atom. The summed E-state index contributed by atoms with van der Waals surface area (Å²) in [4.78, 5) is 12.7. The average molecular weight is 383 g/mol. The molecule has 2 saturated carbocycles. The number of carbonyl (C=O) groups is 1. The van der Waals surface area contributed by atoms with Gasteiger partial charge in [-0.25, -0.2) is 0 Å². The van der Waals surface area contributed by atoms with Gasteiger partial charge in [0.2, 0.25) is 5.91 Å². The van der Waals surface area contributed by atoms with Crippen LogP contribution < -0.4 is 10.6 Å². The molecule has 7 heteroatoms. The van der Waals surface area contributed by atoms with Crippen LogP contribution in [0.3, 0.4) is 0 Å². The van der Waals surface area contributed by atoms with Gasteiger partial charge < -0.3 is 15.4 Å². The summed E-state index contributed by atoms with van der Waals surface area (Å²) in [5.41, 5.74) is 2.48. The van der Waals surface area contributed by atoms with Crippen LogP contribution in [0.4, 0.5) is 0 Å². The Kier molecular flexibility index (Phi) is 5.94. The molecule has 0 unspecified atom stereocenters. The Labute approximate surface area is 161 Å². The van der Waals surface area contributed by atoms with E-state index >= 15 is 0 Å². The number of aromatic nitrogens is 2. The molecule has 0 spiro atoms. The van der Waals surface area contributed by atoms with Crippen LogP contribution in [0.25, 0.3) is 0 Å². The summed E-state index contributed by atoms with van der Waals surface area (Å²) < 4.78 is 7.91. The Balaban J connectivity index is 0.00000196. The standard InChI is InChI=1S/C19H30N4O2.ClH/c1-13-9-14(2)23(22-13)12-19(5-6-19)11-21-18(24)15-3-4-17-16(10-15)20-7-8-25-17;/h9,15-17,20H,3-8,10-12H2,1-2H3,(H,21,24);1H/t15-,16+,17+;/m0./s1. The van der Waals surface area contributed by atoms with Crippen molar-refractivity contribution in [1.82, 2.24) is 20.4 Å². The fourth-order valence-corrected chi connectivity index (χ4v) is 4.39. The number of fused-ring (bicyclic) bond motifs is 1. The molecule has 4 rings (SSSR count). The first kappa shape index (κ1) is 19.6. The zero-order valence-electron chi connectivity index (χ0n) is 15.8. The molecule has 146 valence electrons. The zero-order chi connectivity index (χ0) is 17.4. The molecule has 1 aromatic heterocycles. The van der Waals surface area contributed by atoms with Crippen molar-refractivity contribution < 1.29 is 9.53 Å². The molecule has 0 radical (unpaired) electrons. The summed E-state index contributed by atoms with van der Waals surface area (Å²) in [6.45, 7) is 7.53. The van der Waals surface area contributed by atoms with Crippen molar-refractivity contribution >= 4 is 18.3 Å². The van der Waals surface area contributed by atoms with Crippen LogP contribution >= 0.6 is 12.4 Å². The van der Waals surface area contributed by atoms with Crippen LogP contribution in [-0.4, -0.2) is 47.5 Å². The van der Waals surface area contributed by atoms with Gasteiger partial charge in [-0.3, -0.25) is 9.48 Å². The number of halogens is 1. The van der Waals surface area contributed by atoms with Crippen molar-refractivity contribution in [3.8, 4) is 0 Å². The molecule has 3 atom stereocenters. The average Bonchev–Trinajstić information content (AvgIpc) is 3.31. The number of morpholine rings is 1. The summed E-state index contributed by atoms with van der Waals surface area (Å²) in [6.07, 6.45) is 5.50. The molecule has 0 aromatic carbocycles. The lowest BCUT2D eigenvalue weighted by molar-refractivity contribution is -0.128. The molecule has 2 heterocycles. The van der Waals surface area contributed by atoms with Gasteiger partial charge in [-0.2, -0.15) is 5.10 Å². The molecule has 1 aliphatic heterocycles. The molecule has 1 saturated heterocycles. The number of nitrogens with one attached hydrogen (secondary N) is 2. The third-order valence-electron chi connectivity index (χ3n) is 6.18. The van der Waals surface area contributed by atoms with E-state index in [1.165, 1.54) is 18.5 Å². The molecule has 0 bridgehead atoms. The van der Waals surface area contributed by atoms with Crippen LogP contribution in [0, 0.1) is 25.2 Å². The van der Waals surface area contributed by atoms with Gasteiger partial charge in [0.15, 0.2) is 0 Å². The number of carbonyl (C=O) groups excluding carboxylic acids is 1. The first-order chi connectivity index (χ1) is 12.0. The quantitative estimate of drug-likeness (QED) is 0.817. The van der Waals surface area contributed by atoms with E-state index in [1.807, 2.05) is 6.92 Å². The molecule has 1 amide bonds. The molecule has 3 aliphatic rings. The number of ether oxygens (including phenoxy) is 1. The zero-order valence-corrected chi connectivity index (χ0v) is 16.6. The van der Waals surface area contributed by atoms with Crippen molar-refractivity contribution in [2.24, 2.45) is 11.3 Å². The third kappa shape index (κ3) is 4.24. The van der Waals surface area contributed by atoms with Gasteiger partial charge in [-0.1, -0.05) is 0 Å². The van der Waals surface area contributed by atoms with Crippen LogP contribution in [0.2, 0.25) is 0 Å². The van der Waals surface area contributed by atoms with Crippen LogP contribution in [-0.2, 0) is 16.1 Å². The van der Waals surface area contributed by atoms with Gasteiger partial charge in [0.25, 0.3) is 0 Å². The second-order valence-corrected chi connectivity index (χ2v) is 8.28. The van der Waals surface area contributed by atoms with E-state index in [0.717, 1.165) is 51.2 Å². The summed E-state index contributed by atoms with van der Waals surface area (Å²) >= 11 is 0. The SMILES string of the molecule is Cc1cc(C)n(CC2(CNC(=O)[C@H]3CC[C@H]4OCCN[C@@H]4C3)CC2)n1.Cl. The van der Waals surface area contributed by atoms with E-state index in [-0.39, 0.29) is 29.6 Å². The van der Waals surface area contributed by atoms with Crippen LogP contribution in [0.1, 0.15) is 43.5 Å². The van der Waals surface area contributed by atoms with E-state index in [9.17, 15) is 4.79 Å². The van der Waals surface area contributed by atoms with Crippen molar-refractivity contribution in [3.63, 3.8) is 0 Å². The highest BCUT2D eigenvalue weighted by Gasteiger charge is 2.44. The Morgan fingerprint density at radius 2 is 2.23 bits per heavy atom. The first-order valence-electron chi connectivity index (χ1n) is 9.68. The normalized spacial score (nSPS) is 29.4. The van der Waals surface area contributed by atoms with E-state index < -0.39 is 0 Å². The predicted octanol–water partition coefficient (Wildman–Crippen LogP) is 1.98. The van der Waals surface area contributed by atoms with Gasteiger partial charge in [-0.15, -0.1) is 12.4 Å². The van der Waals surface area contributed by atoms with Gasteiger partial charge in [0, 0.05) is 42.7 Å². The largest absolute Gasteiger partial charge is 0.375 e. The molecule has 3 fully saturated rings. The number of hydrogen-bond acceptors (Lipinski definition) is 4. The van der Waals surface area contributed by atoms with Gasteiger partial charge in [0.05, 0.1) is 18.4 Å². The summed E-state index contributed by atoms with van der Waals surface area (Å²) in [5, 5.41) is 11.3. The number of hydrogen-bond donors (Lipinski definition) is 2. The molecular formula is C19H31ClN4O2. The minimum absolute atomic E-state index is 0. The summed E-state index contributed by atoms with van der Waals surface area (Å²) in [6, 6.07) is 2.47. The summed E-state index contributed by atoms with van der Waals surface area (Å²) in [5.74, 6) is 0.352. The second kappa shape index (κ2) is 7.87. The van der Waals surface area contributed by atoms with E-state index in [2.05, 4.69) is 33.4 Å². The minimum atomic E-state index is 0. The second-order valence-electron chi connectivity index (χ2n) is 8.28. The molecule has 26 heavy (non-hydrogen) atoms. The monoisotopic (exact) mass is 382 g/mol. The number of aryl methyl sites for hydroxylation is 2. The van der Waals surface area contributed by atoms with E-state index in [4.69, 9.17) is 4.74 Å². The maximum atomic E-state index is 12.7. The minimum Gasteiger partial charge on any atom is -0.375 e. The van der Waals surface area contributed by atoms with Crippen LogP contribution in [0.15, 0.2) is 6.07 Å². The Hall–Kier alpha value is -1.11. The van der Waals surface area contributed by atoms with Gasteiger partial charge in [-0.05, 0) is 52.0 Å². The van der Waals surface area contributed by atoms with Gasteiger partial charge >= 0.3 is 0 Å². The highest BCUT2D eigenvalue weighted by molar-refractivity contribution is 5.85. The number of rotatable bonds is 5. The van der Waals surface area contributed by atoms with E-state index in [1.54, 1.807) is 0 Å². The van der Waals surface area contributed by atoms with E-state index in [0.29, 0.717) is 12.1 Å². The summed E-state index contributed by atoms with van der Waals surface area (Å²) in [7, 11) is 0. The highest BCUT2D eigenvalue weighted by Crippen LogP contribution is 2.46. The molecule has 1 aromatic rings. The van der Waals surface area contributed by atoms with Crippen LogP contribution in [0.5, 0.6) is 0 Å². The predicted molar refractivity (Wildman–Crippen MR) is 102 cm³/mol. The molecule has 2 aliphatic carbocycles. The lowest BCUT2D eigenvalue weighted by atomic mass is 9.82. The molecular weight excluding hydrogens is 352 g/mol. The third-order valence-corrected chi connectivity index (χ3v) is 6.18. The topological polar surface area (TPSA) is 68.2 Å². The van der Waals surface area contributed by atoms with Gasteiger partial charge in [0.1, 0.15) is 0 Å². The van der Waals surface area contributed by atoms with Crippen molar-refractivity contribution in [1.29, 1.82) is 0 Å². The fourth-order valence-electron chi connectivity index (χ4n) is 4.39. The lowest BCUT2D eigenvalue weighted by Gasteiger charge is -2.39. The fraction of sp³-hybridized carbons (Fsp3) is 0.789. The van der Waals surface area contributed by atoms with Crippen molar-refractivity contribution in [3.05, 3.63) is 17.5 Å². The maximum Gasteiger partial charge on any atom is 0.223 e. The highest BCUT2D eigenvalue weighted by atomic mass is 35.5. The molecule has 6 nitrogen and oxygen atoms in total. The first-order valence-corrected chi connectivity index (χ1v) is 9.68. The van der Waals surface area contributed by atoms with Crippen molar-refractivity contribution in [2.75, 3.05) is 19.7 Å².